The molecule has 108 valence electrons. The lowest BCUT2D eigenvalue weighted by atomic mass is 10.4. The Kier molecular flexibility index (Phi) is 4.49. The molecule has 0 aliphatic heterocycles. The smallest absolute Gasteiger partial charge is 0.230 e. The molecule has 0 atom stereocenters. The van der Waals surface area contributed by atoms with E-state index in [9.17, 15) is 0 Å². The van der Waals surface area contributed by atoms with Gasteiger partial charge in [-0.25, -0.2) is 4.98 Å². The Labute approximate surface area is 119 Å². The van der Waals surface area contributed by atoms with E-state index in [0.717, 1.165) is 25.3 Å². The van der Waals surface area contributed by atoms with Crippen LogP contribution in [0.25, 0.3) is 11.6 Å². The number of rotatable bonds is 6. The van der Waals surface area contributed by atoms with E-state index in [2.05, 4.69) is 36.7 Å². The van der Waals surface area contributed by atoms with Crippen LogP contribution in [0.15, 0.2) is 12.4 Å². The molecule has 20 heavy (non-hydrogen) atoms. The number of hydrogen-bond donors (Lipinski definition) is 1. The highest BCUT2D eigenvalue weighted by Crippen LogP contribution is 2.17. The number of aryl methyl sites for hydroxylation is 1. The van der Waals surface area contributed by atoms with Gasteiger partial charge in [0.1, 0.15) is 0 Å². The molecule has 2 aromatic heterocycles. The van der Waals surface area contributed by atoms with Crippen LogP contribution in [-0.4, -0.2) is 45.1 Å². The molecular formula is C13H21N7. The largest absolute Gasteiger partial charge is 0.354 e. The lowest BCUT2D eigenvalue weighted by Crippen LogP contribution is -2.16. The van der Waals surface area contributed by atoms with Crippen LogP contribution >= 0.6 is 0 Å². The first-order valence-corrected chi connectivity index (χ1v) is 6.84. The summed E-state index contributed by atoms with van der Waals surface area (Å²) in [5.74, 6) is 2.57. The number of hydrogen-bond acceptors (Lipinski definition) is 6. The Morgan fingerprint density at radius 1 is 1.20 bits per heavy atom. The molecule has 0 saturated heterocycles. The van der Waals surface area contributed by atoms with Crippen molar-refractivity contribution in [1.29, 1.82) is 0 Å². The molecule has 1 N–H and O–H groups in total. The number of nitrogens with zero attached hydrogens (tertiary/aromatic N) is 6. The van der Waals surface area contributed by atoms with Gasteiger partial charge in [0.05, 0.1) is 0 Å². The van der Waals surface area contributed by atoms with Crippen molar-refractivity contribution in [2.75, 3.05) is 30.9 Å². The van der Waals surface area contributed by atoms with Gasteiger partial charge in [-0.3, -0.25) is 0 Å². The first-order valence-electron chi connectivity index (χ1n) is 6.84. The van der Waals surface area contributed by atoms with Crippen LogP contribution in [-0.2, 0) is 6.54 Å². The molecule has 2 heterocycles. The van der Waals surface area contributed by atoms with Crippen molar-refractivity contribution in [2.24, 2.45) is 0 Å². The van der Waals surface area contributed by atoms with E-state index < -0.39 is 0 Å². The topological polar surface area (TPSA) is 71.8 Å². The molecule has 7 nitrogen and oxygen atoms in total. The minimum absolute atomic E-state index is 0.576. The standard InChI is InChI=1S/C13H21N7/c1-5-8-20-9-7-15-11(20)10-16-12(14-6-2)18-13(17-10)19(3)4/h7,9H,5-6,8H2,1-4H3,(H,14,16,17,18). The molecule has 0 aromatic carbocycles. The lowest BCUT2D eigenvalue weighted by molar-refractivity contribution is 0.681. The van der Waals surface area contributed by atoms with Gasteiger partial charge in [-0.2, -0.15) is 15.0 Å². The fourth-order valence-corrected chi connectivity index (χ4v) is 1.84. The summed E-state index contributed by atoms with van der Waals surface area (Å²) in [6.45, 7) is 5.80. The Bertz CT molecular complexity index is 562. The SMILES string of the molecule is CCCn1ccnc1-c1nc(NCC)nc(N(C)C)n1. The summed E-state index contributed by atoms with van der Waals surface area (Å²) in [6.07, 6.45) is 4.76. The van der Waals surface area contributed by atoms with Crippen molar-refractivity contribution in [3.8, 4) is 11.6 Å². The van der Waals surface area contributed by atoms with Crippen molar-refractivity contribution in [3.63, 3.8) is 0 Å². The van der Waals surface area contributed by atoms with Crippen LogP contribution in [0.3, 0.4) is 0 Å². The highest BCUT2D eigenvalue weighted by atomic mass is 15.3. The molecule has 7 heteroatoms. The van der Waals surface area contributed by atoms with Gasteiger partial charge in [-0.15, -0.1) is 0 Å². The van der Waals surface area contributed by atoms with E-state index in [-0.39, 0.29) is 0 Å². The van der Waals surface area contributed by atoms with Gasteiger partial charge in [0, 0.05) is 39.6 Å². The van der Waals surface area contributed by atoms with E-state index in [4.69, 9.17) is 0 Å². The summed E-state index contributed by atoms with van der Waals surface area (Å²) in [6, 6.07) is 0. The van der Waals surface area contributed by atoms with Crippen molar-refractivity contribution < 1.29 is 0 Å². The van der Waals surface area contributed by atoms with Gasteiger partial charge >= 0.3 is 0 Å². The maximum atomic E-state index is 4.48. The maximum Gasteiger partial charge on any atom is 0.230 e. The molecule has 0 bridgehead atoms. The Balaban J connectivity index is 2.46. The third kappa shape index (κ3) is 3.04. The van der Waals surface area contributed by atoms with E-state index in [0.29, 0.717) is 17.7 Å². The van der Waals surface area contributed by atoms with Crippen molar-refractivity contribution in [1.82, 2.24) is 24.5 Å². The molecule has 0 unspecified atom stereocenters. The fourth-order valence-electron chi connectivity index (χ4n) is 1.84. The molecule has 0 saturated carbocycles. The fraction of sp³-hybridized carbons (Fsp3) is 0.538. The zero-order valence-corrected chi connectivity index (χ0v) is 12.5. The van der Waals surface area contributed by atoms with Gasteiger partial charge < -0.3 is 14.8 Å². The second-order valence-electron chi connectivity index (χ2n) is 4.65. The molecule has 0 spiro atoms. The molecule has 2 aromatic rings. The first kappa shape index (κ1) is 14.2. The normalized spacial score (nSPS) is 10.6. The molecule has 0 amide bonds. The monoisotopic (exact) mass is 275 g/mol. The van der Waals surface area contributed by atoms with E-state index in [1.54, 1.807) is 6.20 Å². The quantitative estimate of drug-likeness (QED) is 0.864. The van der Waals surface area contributed by atoms with Gasteiger partial charge in [-0.1, -0.05) is 6.92 Å². The Morgan fingerprint density at radius 3 is 2.65 bits per heavy atom. The molecule has 0 aliphatic carbocycles. The van der Waals surface area contributed by atoms with Crippen molar-refractivity contribution >= 4 is 11.9 Å². The molecule has 0 aliphatic rings. The molecule has 0 fully saturated rings. The second kappa shape index (κ2) is 6.31. The Morgan fingerprint density at radius 2 is 2.00 bits per heavy atom. The number of nitrogens with one attached hydrogen (secondary N) is 1. The van der Waals surface area contributed by atoms with E-state index >= 15 is 0 Å². The number of aromatic nitrogens is 5. The highest BCUT2D eigenvalue weighted by Gasteiger charge is 2.13. The lowest BCUT2D eigenvalue weighted by Gasteiger charge is -2.13. The molecule has 0 radical (unpaired) electrons. The summed E-state index contributed by atoms with van der Waals surface area (Å²) in [5, 5.41) is 3.13. The summed E-state index contributed by atoms with van der Waals surface area (Å²) in [5.41, 5.74) is 0. The minimum atomic E-state index is 0.576. The van der Waals surface area contributed by atoms with Crippen LogP contribution < -0.4 is 10.2 Å². The number of anilines is 2. The van der Waals surface area contributed by atoms with E-state index in [1.165, 1.54) is 0 Å². The van der Waals surface area contributed by atoms with Gasteiger partial charge in [0.15, 0.2) is 5.82 Å². The average molecular weight is 275 g/mol. The minimum Gasteiger partial charge on any atom is -0.354 e. The maximum absolute atomic E-state index is 4.48. The highest BCUT2D eigenvalue weighted by molar-refractivity contribution is 5.50. The zero-order valence-electron chi connectivity index (χ0n) is 12.5. The Hall–Kier alpha value is -2.18. The van der Waals surface area contributed by atoms with Crippen molar-refractivity contribution in [3.05, 3.63) is 12.4 Å². The predicted molar refractivity (Wildman–Crippen MR) is 79.8 cm³/mol. The van der Waals surface area contributed by atoms with Gasteiger partial charge in [0.2, 0.25) is 17.7 Å². The molecule has 2 rings (SSSR count). The van der Waals surface area contributed by atoms with Crippen molar-refractivity contribution in [2.45, 2.75) is 26.8 Å². The summed E-state index contributed by atoms with van der Waals surface area (Å²) in [4.78, 5) is 19.5. The zero-order chi connectivity index (χ0) is 14.5. The van der Waals surface area contributed by atoms with Crippen LogP contribution in [0.5, 0.6) is 0 Å². The van der Waals surface area contributed by atoms with Crippen LogP contribution in [0.1, 0.15) is 20.3 Å². The molecular weight excluding hydrogens is 254 g/mol. The second-order valence-corrected chi connectivity index (χ2v) is 4.65. The van der Waals surface area contributed by atoms with Crippen LogP contribution in [0.2, 0.25) is 0 Å². The van der Waals surface area contributed by atoms with Gasteiger partial charge in [0.25, 0.3) is 0 Å². The third-order valence-electron chi connectivity index (χ3n) is 2.74. The summed E-state index contributed by atoms with van der Waals surface area (Å²) in [7, 11) is 3.82. The van der Waals surface area contributed by atoms with Crippen LogP contribution in [0.4, 0.5) is 11.9 Å². The average Bonchev–Trinajstić information content (AvgIpc) is 2.87. The predicted octanol–water partition coefficient (Wildman–Crippen LogP) is 1.64. The first-order chi connectivity index (χ1) is 9.65. The van der Waals surface area contributed by atoms with Crippen LogP contribution in [0, 0.1) is 0 Å². The summed E-state index contributed by atoms with van der Waals surface area (Å²) < 4.78 is 2.06. The van der Waals surface area contributed by atoms with E-state index in [1.807, 2.05) is 32.1 Å². The summed E-state index contributed by atoms with van der Waals surface area (Å²) >= 11 is 0. The van der Waals surface area contributed by atoms with Gasteiger partial charge in [-0.05, 0) is 13.3 Å². The third-order valence-corrected chi connectivity index (χ3v) is 2.74. The number of imidazole rings is 1.